The van der Waals surface area contributed by atoms with Gasteiger partial charge in [-0.2, -0.15) is 5.26 Å². The molecule has 25 heavy (non-hydrogen) atoms. The standard InChI is InChI=1S/C10H8F3N.C9H18O2/c11-3-7-1-9(5-13)10(6-14)2-8(7)4-12;1-3-5-6-7-8-9(10)11-4-2/h1-2H,3-5H2;3-8H2,1-2H3. The Labute approximate surface area is 147 Å². The van der Waals surface area contributed by atoms with Crippen molar-refractivity contribution in [3.8, 4) is 6.07 Å². The first-order chi connectivity index (χ1) is 12.1. The summed E-state index contributed by atoms with van der Waals surface area (Å²) in [6.07, 6.45) is 5.15. The number of hydrogen-bond acceptors (Lipinski definition) is 3. The maximum atomic E-state index is 12.4. The van der Waals surface area contributed by atoms with Gasteiger partial charge in [-0.1, -0.05) is 26.2 Å². The first-order valence-electron chi connectivity index (χ1n) is 8.46. The summed E-state index contributed by atoms with van der Waals surface area (Å²) < 4.78 is 41.8. The van der Waals surface area contributed by atoms with Crippen molar-refractivity contribution < 1.29 is 22.7 Å². The van der Waals surface area contributed by atoms with Crippen molar-refractivity contribution in [3.05, 3.63) is 34.4 Å². The molecule has 0 saturated heterocycles. The van der Waals surface area contributed by atoms with E-state index in [9.17, 15) is 18.0 Å². The fourth-order valence-corrected chi connectivity index (χ4v) is 2.13. The SMILES string of the molecule is CCCCCCC(=O)OCC.N#Cc1cc(CF)c(CF)cc1CF. The molecule has 3 nitrogen and oxygen atoms in total. The zero-order valence-corrected chi connectivity index (χ0v) is 14.9. The quantitative estimate of drug-likeness (QED) is 0.434. The van der Waals surface area contributed by atoms with Crippen LogP contribution in [0.1, 0.15) is 68.2 Å². The highest BCUT2D eigenvalue weighted by molar-refractivity contribution is 5.69. The molecule has 1 aromatic carbocycles. The molecule has 0 unspecified atom stereocenters. The number of alkyl halides is 3. The van der Waals surface area contributed by atoms with Crippen LogP contribution in [-0.2, 0) is 29.6 Å². The first-order valence-corrected chi connectivity index (χ1v) is 8.46. The highest BCUT2D eigenvalue weighted by atomic mass is 19.1. The minimum absolute atomic E-state index is 0.0522. The van der Waals surface area contributed by atoms with E-state index >= 15 is 0 Å². The molecule has 6 heteroatoms. The fourth-order valence-electron chi connectivity index (χ4n) is 2.13. The highest BCUT2D eigenvalue weighted by Gasteiger charge is 2.09. The van der Waals surface area contributed by atoms with E-state index in [2.05, 4.69) is 6.92 Å². The molecule has 0 bridgehead atoms. The Kier molecular flexibility index (Phi) is 13.2. The second kappa shape index (κ2) is 14.3. The van der Waals surface area contributed by atoms with E-state index in [1.165, 1.54) is 25.0 Å². The van der Waals surface area contributed by atoms with Crippen molar-refractivity contribution in [2.75, 3.05) is 6.61 Å². The molecule has 0 amide bonds. The average Bonchev–Trinajstić information content (AvgIpc) is 2.64. The van der Waals surface area contributed by atoms with Gasteiger partial charge in [0, 0.05) is 12.0 Å². The maximum absolute atomic E-state index is 12.4. The number of carbonyl (C=O) groups is 1. The van der Waals surface area contributed by atoms with Crippen LogP contribution in [0.25, 0.3) is 0 Å². The van der Waals surface area contributed by atoms with Crippen LogP contribution >= 0.6 is 0 Å². The van der Waals surface area contributed by atoms with Crippen LogP contribution in [0.15, 0.2) is 12.1 Å². The Balaban J connectivity index is 0.000000477. The molecule has 0 N–H and O–H groups in total. The van der Waals surface area contributed by atoms with E-state index in [4.69, 9.17) is 10.00 Å². The second-order valence-corrected chi connectivity index (χ2v) is 5.41. The van der Waals surface area contributed by atoms with Gasteiger partial charge < -0.3 is 4.74 Å². The lowest BCUT2D eigenvalue weighted by Crippen LogP contribution is -2.02. The van der Waals surface area contributed by atoms with Crippen LogP contribution in [-0.4, -0.2) is 12.6 Å². The van der Waals surface area contributed by atoms with Gasteiger partial charge in [-0.15, -0.1) is 0 Å². The number of unbranched alkanes of at least 4 members (excludes halogenated alkanes) is 3. The molecule has 0 aliphatic rings. The summed E-state index contributed by atoms with van der Waals surface area (Å²) >= 11 is 0. The number of halogens is 3. The Morgan fingerprint density at radius 1 is 1.00 bits per heavy atom. The van der Waals surface area contributed by atoms with Gasteiger partial charge >= 0.3 is 5.97 Å². The number of esters is 1. The van der Waals surface area contributed by atoms with Crippen LogP contribution in [0.3, 0.4) is 0 Å². The number of ether oxygens (including phenoxy) is 1. The van der Waals surface area contributed by atoms with Crippen molar-refractivity contribution >= 4 is 5.97 Å². The fraction of sp³-hybridized carbons (Fsp3) is 0.579. The van der Waals surface area contributed by atoms with E-state index in [1.807, 2.05) is 6.92 Å². The van der Waals surface area contributed by atoms with Crippen molar-refractivity contribution in [1.29, 1.82) is 5.26 Å². The molecule has 0 fully saturated rings. The maximum Gasteiger partial charge on any atom is 0.305 e. The lowest BCUT2D eigenvalue weighted by atomic mass is 10.0. The van der Waals surface area contributed by atoms with E-state index < -0.39 is 20.0 Å². The predicted octanol–water partition coefficient (Wildman–Crippen LogP) is 5.49. The third kappa shape index (κ3) is 9.13. The summed E-state index contributed by atoms with van der Waals surface area (Å²) in [6, 6.07) is 4.14. The molecule has 1 aromatic rings. The van der Waals surface area contributed by atoms with Crippen molar-refractivity contribution in [2.45, 2.75) is 66.0 Å². The molecular weight excluding hydrogens is 331 g/mol. The summed E-state index contributed by atoms with van der Waals surface area (Å²) in [4.78, 5) is 10.8. The van der Waals surface area contributed by atoms with Gasteiger partial charge in [-0.25, -0.2) is 13.2 Å². The summed E-state index contributed by atoms with van der Waals surface area (Å²) in [5.41, 5.74) is 0.398. The van der Waals surface area contributed by atoms with E-state index in [1.54, 1.807) is 6.07 Å². The lowest BCUT2D eigenvalue weighted by molar-refractivity contribution is -0.143. The van der Waals surface area contributed by atoms with Gasteiger partial charge in [0.2, 0.25) is 0 Å². The average molecular weight is 357 g/mol. The highest BCUT2D eigenvalue weighted by Crippen LogP contribution is 2.19. The van der Waals surface area contributed by atoms with Crippen molar-refractivity contribution in [3.63, 3.8) is 0 Å². The third-order valence-electron chi connectivity index (χ3n) is 3.52. The molecule has 0 aliphatic heterocycles. The molecule has 140 valence electrons. The van der Waals surface area contributed by atoms with Gasteiger partial charge in [0.1, 0.15) is 20.0 Å². The Hall–Kier alpha value is -2.03. The van der Waals surface area contributed by atoms with Crippen LogP contribution < -0.4 is 0 Å². The van der Waals surface area contributed by atoms with Gasteiger partial charge in [0.05, 0.1) is 18.2 Å². The Morgan fingerprint density at radius 3 is 2.08 bits per heavy atom. The number of nitriles is 1. The number of benzene rings is 1. The second-order valence-electron chi connectivity index (χ2n) is 5.41. The molecule has 0 aromatic heterocycles. The first kappa shape index (κ1) is 23.0. The van der Waals surface area contributed by atoms with Gasteiger partial charge in [0.25, 0.3) is 0 Å². The largest absolute Gasteiger partial charge is 0.466 e. The summed E-state index contributed by atoms with van der Waals surface area (Å²) in [7, 11) is 0. The van der Waals surface area contributed by atoms with Crippen LogP contribution in [0.4, 0.5) is 13.2 Å². The monoisotopic (exact) mass is 357 g/mol. The van der Waals surface area contributed by atoms with E-state index in [0.29, 0.717) is 13.0 Å². The smallest absolute Gasteiger partial charge is 0.305 e. The third-order valence-corrected chi connectivity index (χ3v) is 3.52. The van der Waals surface area contributed by atoms with Crippen molar-refractivity contribution in [1.82, 2.24) is 0 Å². The van der Waals surface area contributed by atoms with Crippen LogP contribution in [0.2, 0.25) is 0 Å². The minimum atomic E-state index is -0.849. The van der Waals surface area contributed by atoms with Gasteiger partial charge in [-0.3, -0.25) is 4.79 Å². The number of carbonyl (C=O) groups excluding carboxylic acids is 1. The summed E-state index contributed by atoms with van der Waals surface area (Å²) in [5.74, 6) is -0.0522. The molecule has 0 heterocycles. The zero-order chi connectivity index (χ0) is 19.1. The van der Waals surface area contributed by atoms with Gasteiger partial charge in [0.15, 0.2) is 0 Å². The van der Waals surface area contributed by atoms with Crippen molar-refractivity contribution in [2.24, 2.45) is 0 Å². The molecular formula is C19H26F3NO2. The Morgan fingerprint density at radius 2 is 1.60 bits per heavy atom. The topological polar surface area (TPSA) is 50.1 Å². The normalized spacial score (nSPS) is 9.76. The van der Waals surface area contributed by atoms with Crippen LogP contribution in [0.5, 0.6) is 0 Å². The van der Waals surface area contributed by atoms with E-state index in [-0.39, 0.29) is 28.2 Å². The Bertz CT molecular complexity index is 556. The minimum Gasteiger partial charge on any atom is -0.466 e. The summed E-state index contributed by atoms with van der Waals surface area (Å²) in [6.45, 7) is 1.96. The molecule has 0 saturated carbocycles. The lowest BCUT2D eigenvalue weighted by Gasteiger charge is -2.06. The summed E-state index contributed by atoms with van der Waals surface area (Å²) in [5, 5.41) is 8.60. The molecule has 0 atom stereocenters. The number of nitrogens with zero attached hydrogens (tertiary/aromatic N) is 1. The van der Waals surface area contributed by atoms with Gasteiger partial charge in [-0.05, 0) is 36.6 Å². The molecule has 0 radical (unpaired) electrons. The molecule has 1 rings (SSSR count). The van der Waals surface area contributed by atoms with Crippen LogP contribution in [0, 0.1) is 11.3 Å². The van der Waals surface area contributed by atoms with E-state index in [0.717, 1.165) is 12.8 Å². The number of hydrogen-bond donors (Lipinski definition) is 0. The molecule has 0 aliphatic carbocycles. The zero-order valence-electron chi connectivity index (χ0n) is 14.9. The number of rotatable bonds is 9. The predicted molar refractivity (Wildman–Crippen MR) is 91.0 cm³/mol. The molecule has 0 spiro atoms.